The summed E-state index contributed by atoms with van der Waals surface area (Å²) in [7, 11) is -3.16. The summed E-state index contributed by atoms with van der Waals surface area (Å²) in [6.07, 6.45) is 2.85. The lowest BCUT2D eigenvalue weighted by Crippen LogP contribution is -2.45. The SMILES string of the molecule is CC1(C(=O)O)CCN(S(=O)(=O)CC2CC2)CC1. The molecule has 6 heteroatoms. The Morgan fingerprint density at radius 2 is 1.88 bits per heavy atom. The van der Waals surface area contributed by atoms with Gasteiger partial charge in [0.25, 0.3) is 0 Å². The fourth-order valence-electron chi connectivity index (χ4n) is 2.16. The van der Waals surface area contributed by atoms with Gasteiger partial charge in [0.15, 0.2) is 0 Å². The lowest BCUT2D eigenvalue weighted by Gasteiger charge is -2.35. The van der Waals surface area contributed by atoms with E-state index in [1.807, 2.05) is 0 Å². The van der Waals surface area contributed by atoms with Gasteiger partial charge in [-0.2, -0.15) is 0 Å². The van der Waals surface area contributed by atoms with E-state index in [1.54, 1.807) is 6.92 Å². The largest absolute Gasteiger partial charge is 0.481 e. The third-order valence-electron chi connectivity index (χ3n) is 3.88. The molecule has 0 aromatic rings. The van der Waals surface area contributed by atoms with Crippen LogP contribution in [0.5, 0.6) is 0 Å². The van der Waals surface area contributed by atoms with Crippen LogP contribution < -0.4 is 0 Å². The van der Waals surface area contributed by atoms with Gasteiger partial charge in [0, 0.05) is 13.1 Å². The van der Waals surface area contributed by atoms with Crippen LogP contribution in [0.25, 0.3) is 0 Å². The highest BCUT2D eigenvalue weighted by molar-refractivity contribution is 7.89. The van der Waals surface area contributed by atoms with Crippen molar-refractivity contribution in [3.8, 4) is 0 Å². The Labute approximate surface area is 102 Å². The molecule has 0 radical (unpaired) electrons. The molecule has 0 aromatic carbocycles. The van der Waals surface area contributed by atoms with Crippen molar-refractivity contribution >= 4 is 16.0 Å². The summed E-state index contributed by atoms with van der Waals surface area (Å²) in [5, 5.41) is 9.07. The van der Waals surface area contributed by atoms with E-state index in [0.29, 0.717) is 31.8 Å². The summed E-state index contributed by atoms with van der Waals surface area (Å²) in [6, 6.07) is 0. The van der Waals surface area contributed by atoms with Crippen molar-refractivity contribution in [2.45, 2.75) is 32.6 Å². The Kier molecular flexibility index (Phi) is 3.20. The van der Waals surface area contributed by atoms with Gasteiger partial charge in [0.05, 0.1) is 11.2 Å². The van der Waals surface area contributed by atoms with E-state index in [0.717, 1.165) is 12.8 Å². The van der Waals surface area contributed by atoms with Gasteiger partial charge in [0.2, 0.25) is 10.0 Å². The van der Waals surface area contributed by atoms with Gasteiger partial charge in [-0.1, -0.05) is 0 Å². The molecule has 2 aliphatic rings. The number of carbonyl (C=O) groups is 1. The first-order valence-electron chi connectivity index (χ1n) is 6.05. The van der Waals surface area contributed by atoms with Crippen LogP contribution in [0.3, 0.4) is 0 Å². The first kappa shape index (κ1) is 12.8. The summed E-state index contributed by atoms with van der Waals surface area (Å²) >= 11 is 0. The predicted molar refractivity (Wildman–Crippen MR) is 63.1 cm³/mol. The molecule has 1 aliphatic carbocycles. The van der Waals surface area contributed by atoms with E-state index < -0.39 is 21.4 Å². The molecule has 1 heterocycles. The topological polar surface area (TPSA) is 74.7 Å². The molecule has 98 valence electrons. The molecule has 5 nitrogen and oxygen atoms in total. The summed E-state index contributed by atoms with van der Waals surface area (Å²) in [4.78, 5) is 11.1. The van der Waals surface area contributed by atoms with Gasteiger partial charge in [-0.15, -0.1) is 0 Å². The van der Waals surface area contributed by atoms with Crippen molar-refractivity contribution in [1.29, 1.82) is 0 Å². The van der Waals surface area contributed by atoms with Crippen LogP contribution in [0.4, 0.5) is 0 Å². The van der Waals surface area contributed by atoms with Crippen molar-refractivity contribution in [2.24, 2.45) is 11.3 Å². The molecule has 2 fully saturated rings. The van der Waals surface area contributed by atoms with E-state index >= 15 is 0 Å². The third-order valence-corrected chi connectivity index (χ3v) is 5.92. The van der Waals surface area contributed by atoms with Gasteiger partial charge in [0.1, 0.15) is 0 Å². The van der Waals surface area contributed by atoms with Crippen molar-refractivity contribution in [1.82, 2.24) is 4.31 Å². The Hall–Kier alpha value is -0.620. The summed E-state index contributed by atoms with van der Waals surface area (Å²) in [6.45, 7) is 2.38. The molecule has 1 saturated heterocycles. The van der Waals surface area contributed by atoms with Gasteiger partial charge < -0.3 is 5.11 Å². The normalized spacial score (nSPS) is 25.7. The zero-order valence-corrected chi connectivity index (χ0v) is 10.9. The van der Waals surface area contributed by atoms with Crippen molar-refractivity contribution in [2.75, 3.05) is 18.8 Å². The summed E-state index contributed by atoms with van der Waals surface area (Å²) < 4.78 is 25.5. The van der Waals surface area contributed by atoms with Crippen molar-refractivity contribution < 1.29 is 18.3 Å². The molecule has 0 amide bonds. The second-order valence-electron chi connectivity index (χ2n) is 5.49. The monoisotopic (exact) mass is 261 g/mol. The zero-order valence-electron chi connectivity index (χ0n) is 10.1. The highest BCUT2D eigenvalue weighted by Crippen LogP contribution is 2.35. The standard InChI is InChI=1S/C11H19NO4S/c1-11(10(13)14)4-6-12(7-5-11)17(15,16)8-9-2-3-9/h9H,2-8H2,1H3,(H,13,14). The number of sulfonamides is 1. The molecule has 1 N–H and O–H groups in total. The van der Waals surface area contributed by atoms with Crippen LogP contribution >= 0.6 is 0 Å². The second-order valence-corrected chi connectivity index (χ2v) is 7.50. The number of nitrogens with zero attached hydrogens (tertiary/aromatic N) is 1. The van der Waals surface area contributed by atoms with Gasteiger partial charge in [-0.05, 0) is 38.5 Å². The maximum atomic E-state index is 12.0. The molecule has 1 saturated carbocycles. The fourth-order valence-corrected chi connectivity index (χ4v) is 4.04. The highest BCUT2D eigenvalue weighted by Gasteiger charge is 2.41. The zero-order chi connectivity index (χ0) is 12.7. The van der Waals surface area contributed by atoms with Crippen LogP contribution in [0.1, 0.15) is 32.6 Å². The van der Waals surface area contributed by atoms with Crippen LogP contribution in [0.15, 0.2) is 0 Å². The number of aliphatic carboxylic acids is 1. The molecule has 0 bridgehead atoms. The molecule has 2 rings (SSSR count). The smallest absolute Gasteiger partial charge is 0.309 e. The number of hydrogen-bond acceptors (Lipinski definition) is 3. The van der Waals surface area contributed by atoms with Crippen LogP contribution in [0, 0.1) is 11.3 Å². The Balaban J connectivity index is 1.96. The minimum atomic E-state index is -3.16. The molecule has 0 spiro atoms. The minimum Gasteiger partial charge on any atom is -0.481 e. The molecule has 1 aliphatic heterocycles. The van der Waals surface area contributed by atoms with E-state index in [4.69, 9.17) is 5.11 Å². The van der Waals surface area contributed by atoms with Crippen LogP contribution in [-0.2, 0) is 14.8 Å². The summed E-state index contributed by atoms with van der Waals surface area (Å²) in [5.41, 5.74) is -0.758. The highest BCUT2D eigenvalue weighted by atomic mass is 32.2. The predicted octanol–water partition coefficient (Wildman–Crippen LogP) is 0.913. The molecule has 0 aromatic heterocycles. The number of hydrogen-bond donors (Lipinski definition) is 1. The maximum absolute atomic E-state index is 12.0. The van der Waals surface area contributed by atoms with E-state index in [1.165, 1.54) is 4.31 Å². The molecular formula is C11H19NO4S. The summed E-state index contributed by atoms with van der Waals surface area (Å²) in [5.74, 6) is -0.235. The molecular weight excluding hydrogens is 242 g/mol. The number of rotatable bonds is 4. The van der Waals surface area contributed by atoms with E-state index in [-0.39, 0.29) is 5.75 Å². The first-order chi connectivity index (χ1) is 7.83. The maximum Gasteiger partial charge on any atom is 0.309 e. The fraction of sp³-hybridized carbons (Fsp3) is 0.909. The van der Waals surface area contributed by atoms with Crippen molar-refractivity contribution in [3.05, 3.63) is 0 Å². The lowest BCUT2D eigenvalue weighted by atomic mass is 9.81. The quantitative estimate of drug-likeness (QED) is 0.816. The average molecular weight is 261 g/mol. The molecule has 17 heavy (non-hydrogen) atoms. The Morgan fingerprint density at radius 1 is 1.35 bits per heavy atom. The van der Waals surface area contributed by atoms with Gasteiger partial charge >= 0.3 is 5.97 Å². The number of carboxylic acid groups (broad SMARTS) is 1. The second kappa shape index (κ2) is 4.24. The van der Waals surface area contributed by atoms with Crippen LogP contribution in [-0.4, -0.2) is 42.6 Å². The molecule has 0 atom stereocenters. The Morgan fingerprint density at radius 3 is 2.29 bits per heavy atom. The van der Waals surface area contributed by atoms with Gasteiger partial charge in [-0.25, -0.2) is 12.7 Å². The lowest BCUT2D eigenvalue weighted by molar-refractivity contribution is -0.150. The third kappa shape index (κ3) is 2.80. The van der Waals surface area contributed by atoms with E-state index in [9.17, 15) is 13.2 Å². The van der Waals surface area contributed by atoms with E-state index in [2.05, 4.69) is 0 Å². The number of piperidine rings is 1. The molecule has 0 unspecified atom stereocenters. The van der Waals surface area contributed by atoms with Crippen molar-refractivity contribution in [3.63, 3.8) is 0 Å². The van der Waals surface area contributed by atoms with Crippen LogP contribution in [0.2, 0.25) is 0 Å². The average Bonchev–Trinajstić information content (AvgIpc) is 3.01. The first-order valence-corrected chi connectivity index (χ1v) is 7.66. The Bertz CT molecular complexity index is 405. The van der Waals surface area contributed by atoms with Gasteiger partial charge in [-0.3, -0.25) is 4.79 Å². The number of carboxylic acids is 1. The minimum absolute atomic E-state index is 0.247.